The Bertz CT molecular complexity index is 439. The minimum absolute atomic E-state index is 0.767. The van der Waals surface area contributed by atoms with Gasteiger partial charge in [-0.15, -0.1) is 0 Å². The molecule has 0 saturated heterocycles. The summed E-state index contributed by atoms with van der Waals surface area (Å²) in [6, 6.07) is 0. The van der Waals surface area contributed by atoms with E-state index < -0.39 is 0 Å². The van der Waals surface area contributed by atoms with E-state index >= 15 is 0 Å². The third-order valence-corrected chi connectivity index (χ3v) is 4.88. The number of nitrogens with zero attached hydrogens (tertiary/aromatic N) is 2. The first-order chi connectivity index (χ1) is 8.65. The van der Waals surface area contributed by atoms with Gasteiger partial charge in [0.1, 0.15) is 5.82 Å². The van der Waals surface area contributed by atoms with Gasteiger partial charge >= 0.3 is 0 Å². The van der Waals surface area contributed by atoms with E-state index in [1.165, 1.54) is 25.7 Å². The van der Waals surface area contributed by atoms with Gasteiger partial charge < -0.3 is 10.6 Å². The van der Waals surface area contributed by atoms with Crippen LogP contribution in [0.1, 0.15) is 31.2 Å². The molecule has 2 aliphatic carbocycles. The van der Waals surface area contributed by atoms with E-state index in [4.69, 9.17) is 5.73 Å². The molecule has 2 fully saturated rings. The first-order valence-electron chi connectivity index (χ1n) is 6.80. The number of aromatic nitrogens is 1. The number of rotatable bonds is 5. The number of hydrogen-bond donors (Lipinski definition) is 1. The van der Waals surface area contributed by atoms with Crippen LogP contribution in [0.5, 0.6) is 0 Å². The van der Waals surface area contributed by atoms with Gasteiger partial charge in [0.05, 0.1) is 16.4 Å². The molecule has 0 radical (unpaired) electrons. The molecule has 3 rings (SSSR count). The smallest absolute Gasteiger partial charge is 0.143 e. The fraction of sp³-hybridized carbons (Fsp3) is 0.643. The first kappa shape index (κ1) is 12.3. The van der Waals surface area contributed by atoms with Crippen LogP contribution in [0.4, 0.5) is 11.5 Å². The van der Waals surface area contributed by atoms with Crippen molar-refractivity contribution in [1.29, 1.82) is 0 Å². The SMILES string of the molecule is Cc1c(N)cnc(N(CC2CC2)CC2CC2)c1Br. The Balaban J connectivity index is 1.84. The Morgan fingerprint density at radius 2 is 1.83 bits per heavy atom. The van der Waals surface area contributed by atoms with E-state index in [2.05, 4.69) is 32.7 Å². The minimum Gasteiger partial charge on any atom is -0.397 e. The van der Waals surface area contributed by atoms with E-state index in [0.29, 0.717) is 0 Å². The first-order valence-corrected chi connectivity index (χ1v) is 7.60. The van der Waals surface area contributed by atoms with Crippen LogP contribution >= 0.6 is 15.9 Å². The molecule has 4 heteroatoms. The van der Waals surface area contributed by atoms with Crippen LogP contribution in [-0.2, 0) is 0 Å². The molecule has 3 nitrogen and oxygen atoms in total. The number of nitrogen functional groups attached to an aromatic ring is 1. The lowest BCUT2D eigenvalue weighted by molar-refractivity contribution is 0.670. The predicted molar refractivity (Wildman–Crippen MR) is 78.7 cm³/mol. The molecule has 2 saturated carbocycles. The van der Waals surface area contributed by atoms with E-state index in [0.717, 1.165) is 46.5 Å². The van der Waals surface area contributed by atoms with Gasteiger partial charge in [0.25, 0.3) is 0 Å². The lowest BCUT2D eigenvalue weighted by atomic mass is 10.2. The summed E-state index contributed by atoms with van der Waals surface area (Å²) in [5.41, 5.74) is 7.78. The highest BCUT2D eigenvalue weighted by molar-refractivity contribution is 9.10. The molecule has 1 aromatic rings. The quantitative estimate of drug-likeness (QED) is 0.907. The molecule has 0 aromatic carbocycles. The van der Waals surface area contributed by atoms with E-state index in [1.807, 2.05) is 0 Å². The van der Waals surface area contributed by atoms with Gasteiger partial charge in [-0.2, -0.15) is 0 Å². The molecular weight excluding hydrogens is 290 g/mol. The van der Waals surface area contributed by atoms with Gasteiger partial charge in [0.2, 0.25) is 0 Å². The van der Waals surface area contributed by atoms with Gasteiger partial charge in [-0.1, -0.05) is 0 Å². The van der Waals surface area contributed by atoms with Crippen LogP contribution in [-0.4, -0.2) is 18.1 Å². The normalized spacial score (nSPS) is 19.0. The monoisotopic (exact) mass is 309 g/mol. The van der Waals surface area contributed by atoms with Crippen molar-refractivity contribution < 1.29 is 0 Å². The van der Waals surface area contributed by atoms with Crippen LogP contribution in [0, 0.1) is 18.8 Å². The second kappa shape index (κ2) is 4.72. The maximum absolute atomic E-state index is 5.91. The van der Waals surface area contributed by atoms with Crippen molar-refractivity contribution in [1.82, 2.24) is 4.98 Å². The molecule has 1 aromatic heterocycles. The average molecular weight is 310 g/mol. The number of anilines is 2. The van der Waals surface area contributed by atoms with Crippen molar-refractivity contribution in [3.8, 4) is 0 Å². The Morgan fingerprint density at radius 1 is 1.28 bits per heavy atom. The molecule has 2 N–H and O–H groups in total. The summed E-state index contributed by atoms with van der Waals surface area (Å²) in [5.74, 6) is 2.85. The summed E-state index contributed by atoms with van der Waals surface area (Å²) >= 11 is 3.67. The fourth-order valence-corrected chi connectivity index (χ4v) is 2.85. The number of nitrogens with two attached hydrogens (primary N) is 1. The topological polar surface area (TPSA) is 42.1 Å². The zero-order chi connectivity index (χ0) is 12.7. The van der Waals surface area contributed by atoms with Gasteiger partial charge in [-0.05, 0) is 65.9 Å². The van der Waals surface area contributed by atoms with Crippen LogP contribution in [0.15, 0.2) is 10.7 Å². The molecule has 0 unspecified atom stereocenters. The van der Waals surface area contributed by atoms with Crippen molar-refractivity contribution >= 4 is 27.4 Å². The Hall–Kier alpha value is -0.770. The number of hydrogen-bond acceptors (Lipinski definition) is 3. The lowest BCUT2D eigenvalue weighted by Gasteiger charge is -2.25. The summed E-state index contributed by atoms with van der Waals surface area (Å²) in [4.78, 5) is 7.02. The average Bonchev–Trinajstić information content (AvgIpc) is 3.21. The zero-order valence-corrected chi connectivity index (χ0v) is 12.4. The zero-order valence-electron chi connectivity index (χ0n) is 10.8. The van der Waals surface area contributed by atoms with E-state index in [-0.39, 0.29) is 0 Å². The summed E-state index contributed by atoms with van der Waals surface area (Å²) in [7, 11) is 0. The molecule has 0 atom stereocenters. The van der Waals surface area contributed by atoms with Gasteiger partial charge in [0, 0.05) is 13.1 Å². The molecule has 0 bridgehead atoms. The molecular formula is C14H20BrN3. The molecule has 0 aliphatic heterocycles. The Labute approximate surface area is 117 Å². The van der Waals surface area contributed by atoms with Gasteiger partial charge in [-0.25, -0.2) is 4.98 Å². The fourth-order valence-electron chi connectivity index (χ4n) is 2.27. The molecule has 1 heterocycles. The van der Waals surface area contributed by atoms with Crippen molar-refractivity contribution in [2.24, 2.45) is 11.8 Å². The van der Waals surface area contributed by atoms with E-state index in [9.17, 15) is 0 Å². The Morgan fingerprint density at radius 3 is 2.33 bits per heavy atom. The summed E-state index contributed by atoms with van der Waals surface area (Å²) < 4.78 is 1.07. The highest BCUT2D eigenvalue weighted by Gasteiger charge is 2.30. The van der Waals surface area contributed by atoms with Crippen LogP contribution in [0.25, 0.3) is 0 Å². The molecule has 0 spiro atoms. The van der Waals surface area contributed by atoms with Crippen LogP contribution in [0.3, 0.4) is 0 Å². The molecule has 0 amide bonds. The summed E-state index contributed by atoms with van der Waals surface area (Å²) in [6.07, 6.45) is 7.32. The highest BCUT2D eigenvalue weighted by atomic mass is 79.9. The third-order valence-electron chi connectivity index (χ3n) is 3.94. The van der Waals surface area contributed by atoms with Gasteiger partial charge in [0.15, 0.2) is 0 Å². The highest BCUT2D eigenvalue weighted by Crippen LogP contribution is 2.38. The minimum atomic E-state index is 0.767. The maximum Gasteiger partial charge on any atom is 0.143 e. The standard InChI is InChI=1S/C14H20BrN3/c1-9-12(16)6-17-14(13(9)15)18(7-10-2-3-10)8-11-4-5-11/h6,10-11H,2-5,7-8,16H2,1H3. The molecule has 98 valence electrons. The second-order valence-electron chi connectivity index (χ2n) is 5.77. The van der Waals surface area contributed by atoms with Gasteiger partial charge in [-0.3, -0.25) is 0 Å². The van der Waals surface area contributed by atoms with Crippen LogP contribution in [0.2, 0.25) is 0 Å². The summed E-state index contributed by atoms with van der Waals surface area (Å²) in [6.45, 7) is 4.37. The number of halogens is 1. The lowest BCUT2D eigenvalue weighted by Crippen LogP contribution is -2.29. The van der Waals surface area contributed by atoms with Crippen molar-refractivity contribution in [3.63, 3.8) is 0 Å². The predicted octanol–water partition coefficient (Wildman–Crippen LogP) is 3.36. The molecule has 2 aliphatic rings. The van der Waals surface area contributed by atoms with Crippen molar-refractivity contribution in [2.75, 3.05) is 23.7 Å². The maximum atomic E-state index is 5.91. The second-order valence-corrected chi connectivity index (χ2v) is 6.56. The van der Waals surface area contributed by atoms with Crippen molar-refractivity contribution in [2.45, 2.75) is 32.6 Å². The summed E-state index contributed by atoms with van der Waals surface area (Å²) in [5, 5.41) is 0. The third kappa shape index (κ3) is 2.63. The Kier molecular flexibility index (Phi) is 3.22. The largest absolute Gasteiger partial charge is 0.397 e. The van der Waals surface area contributed by atoms with Crippen molar-refractivity contribution in [3.05, 3.63) is 16.2 Å². The molecule has 18 heavy (non-hydrogen) atoms. The van der Waals surface area contributed by atoms with Crippen LogP contribution < -0.4 is 10.6 Å². The van der Waals surface area contributed by atoms with E-state index in [1.54, 1.807) is 6.20 Å². The number of pyridine rings is 1.